The number of likely N-dealkylation sites (tertiary alicyclic amines) is 1. The molecular formula is C15H20N2O4. The number of phenols is 1. The second-order valence-electron chi connectivity index (χ2n) is 4.99. The number of carbonyl (C=O) groups excluding carboxylic acids is 2. The topological polar surface area (TPSA) is 78.9 Å². The average Bonchev–Trinajstić information content (AvgIpc) is 2.50. The fraction of sp³-hybridized carbons (Fsp3) is 0.467. The first-order valence-electron chi connectivity index (χ1n) is 7.12. The lowest BCUT2D eigenvalue weighted by Gasteiger charge is -2.31. The zero-order valence-electron chi connectivity index (χ0n) is 12.0. The number of ether oxygens (including phenoxy) is 1. The van der Waals surface area contributed by atoms with Crippen LogP contribution in [0.5, 0.6) is 5.75 Å². The summed E-state index contributed by atoms with van der Waals surface area (Å²) in [6, 6.07) is 6.58. The quantitative estimate of drug-likeness (QED) is 0.837. The summed E-state index contributed by atoms with van der Waals surface area (Å²) in [5.41, 5.74) is 0.385. The Bertz CT molecular complexity index is 518. The van der Waals surface area contributed by atoms with Crippen molar-refractivity contribution in [2.75, 3.05) is 25.0 Å². The smallest absolute Gasteiger partial charge is 0.409 e. The molecule has 0 aromatic heterocycles. The summed E-state index contributed by atoms with van der Waals surface area (Å²) in [5.74, 6) is -0.447. The first-order chi connectivity index (χ1) is 10.1. The summed E-state index contributed by atoms with van der Waals surface area (Å²) in [6.45, 7) is 3.03. The summed E-state index contributed by atoms with van der Waals surface area (Å²) in [7, 11) is 0. The largest absolute Gasteiger partial charge is 0.506 e. The van der Waals surface area contributed by atoms with Gasteiger partial charge < -0.3 is 20.1 Å². The number of rotatable bonds is 3. The van der Waals surface area contributed by atoms with Crippen molar-refractivity contribution < 1.29 is 19.4 Å². The molecule has 1 aromatic carbocycles. The number of hydrogen-bond acceptors (Lipinski definition) is 4. The second kappa shape index (κ2) is 6.97. The van der Waals surface area contributed by atoms with E-state index in [4.69, 9.17) is 4.74 Å². The van der Waals surface area contributed by atoms with Crippen LogP contribution in [0.25, 0.3) is 0 Å². The molecular weight excluding hydrogens is 272 g/mol. The molecule has 2 amide bonds. The monoisotopic (exact) mass is 292 g/mol. The van der Waals surface area contributed by atoms with Gasteiger partial charge in [0.1, 0.15) is 5.75 Å². The highest BCUT2D eigenvalue weighted by Gasteiger charge is 2.29. The summed E-state index contributed by atoms with van der Waals surface area (Å²) >= 11 is 0. The molecule has 21 heavy (non-hydrogen) atoms. The van der Waals surface area contributed by atoms with Crippen molar-refractivity contribution in [1.82, 2.24) is 4.90 Å². The fourth-order valence-electron chi connectivity index (χ4n) is 2.39. The third-order valence-corrected chi connectivity index (χ3v) is 3.48. The van der Waals surface area contributed by atoms with E-state index in [1.54, 1.807) is 30.0 Å². The maximum absolute atomic E-state index is 12.2. The van der Waals surface area contributed by atoms with Crippen LogP contribution in [0.15, 0.2) is 24.3 Å². The van der Waals surface area contributed by atoms with Gasteiger partial charge in [0.2, 0.25) is 5.91 Å². The van der Waals surface area contributed by atoms with Gasteiger partial charge in [0, 0.05) is 13.1 Å². The maximum atomic E-state index is 12.2. The van der Waals surface area contributed by atoms with Crippen molar-refractivity contribution in [2.24, 2.45) is 5.92 Å². The fourth-order valence-corrected chi connectivity index (χ4v) is 2.39. The molecule has 0 aliphatic carbocycles. The summed E-state index contributed by atoms with van der Waals surface area (Å²) in [6.07, 6.45) is 1.10. The van der Waals surface area contributed by atoms with Crippen LogP contribution in [0, 0.1) is 5.92 Å². The first kappa shape index (κ1) is 15.2. The number of piperidine rings is 1. The number of nitrogens with one attached hydrogen (secondary N) is 1. The van der Waals surface area contributed by atoms with E-state index in [0.717, 1.165) is 12.8 Å². The minimum Gasteiger partial charge on any atom is -0.506 e. The average molecular weight is 292 g/mol. The van der Waals surface area contributed by atoms with Gasteiger partial charge in [-0.05, 0) is 31.9 Å². The van der Waals surface area contributed by atoms with Gasteiger partial charge in [0.15, 0.2) is 0 Å². The van der Waals surface area contributed by atoms with Gasteiger partial charge in [-0.1, -0.05) is 12.1 Å². The molecule has 1 fully saturated rings. The normalized spacial score (nSPS) is 18.1. The second-order valence-corrected chi connectivity index (χ2v) is 4.99. The van der Waals surface area contributed by atoms with E-state index in [1.165, 1.54) is 6.07 Å². The molecule has 2 N–H and O–H groups in total. The SMILES string of the molecule is CCOC(=O)N1CCCC(C(=O)Nc2ccccc2O)C1. The van der Waals surface area contributed by atoms with Gasteiger partial charge >= 0.3 is 6.09 Å². The molecule has 1 unspecified atom stereocenters. The van der Waals surface area contributed by atoms with Crippen molar-refractivity contribution in [3.8, 4) is 5.75 Å². The van der Waals surface area contributed by atoms with Crippen molar-refractivity contribution >= 4 is 17.7 Å². The van der Waals surface area contributed by atoms with Crippen LogP contribution < -0.4 is 5.32 Å². The van der Waals surface area contributed by atoms with Crippen LogP contribution in [0.4, 0.5) is 10.5 Å². The third kappa shape index (κ3) is 3.87. The van der Waals surface area contributed by atoms with Crippen molar-refractivity contribution in [3.05, 3.63) is 24.3 Å². The van der Waals surface area contributed by atoms with Gasteiger partial charge in [-0.2, -0.15) is 0 Å². The van der Waals surface area contributed by atoms with Gasteiger partial charge in [-0.3, -0.25) is 4.79 Å². The van der Waals surface area contributed by atoms with Crippen LogP contribution in [-0.4, -0.2) is 41.7 Å². The molecule has 1 aliphatic rings. The number of anilines is 1. The summed E-state index contributed by atoms with van der Waals surface area (Å²) in [5, 5.41) is 12.4. The summed E-state index contributed by atoms with van der Waals surface area (Å²) < 4.78 is 4.96. The Morgan fingerprint density at radius 1 is 1.43 bits per heavy atom. The molecule has 2 rings (SSSR count). The molecule has 0 saturated carbocycles. The molecule has 6 nitrogen and oxygen atoms in total. The van der Waals surface area contributed by atoms with E-state index >= 15 is 0 Å². The van der Waals surface area contributed by atoms with Crippen LogP contribution in [0.2, 0.25) is 0 Å². The molecule has 0 bridgehead atoms. The standard InChI is InChI=1S/C15H20N2O4/c1-2-21-15(20)17-9-5-6-11(10-17)14(19)16-12-7-3-4-8-13(12)18/h3-4,7-8,11,18H,2,5-6,9-10H2,1H3,(H,16,19). The van der Waals surface area contributed by atoms with E-state index in [9.17, 15) is 14.7 Å². The van der Waals surface area contributed by atoms with E-state index < -0.39 is 0 Å². The van der Waals surface area contributed by atoms with Gasteiger partial charge in [-0.15, -0.1) is 0 Å². The van der Waals surface area contributed by atoms with Crippen LogP contribution in [-0.2, 0) is 9.53 Å². The zero-order chi connectivity index (χ0) is 15.2. The lowest BCUT2D eigenvalue weighted by Crippen LogP contribution is -2.44. The molecule has 1 heterocycles. The number of benzene rings is 1. The minimum atomic E-state index is -0.377. The number of amides is 2. The Kier molecular flexibility index (Phi) is 5.03. The molecule has 6 heteroatoms. The highest BCUT2D eigenvalue weighted by atomic mass is 16.6. The Morgan fingerprint density at radius 2 is 2.19 bits per heavy atom. The lowest BCUT2D eigenvalue weighted by atomic mass is 9.97. The van der Waals surface area contributed by atoms with Crippen molar-refractivity contribution in [2.45, 2.75) is 19.8 Å². The number of hydrogen-bond donors (Lipinski definition) is 2. The molecule has 114 valence electrons. The van der Waals surface area contributed by atoms with Crippen LogP contribution >= 0.6 is 0 Å². The molecule has 1 atom stereocenters. The Labute approximate surface area is 123 Å². The first-order valence-corrected chi connectivity index (χ1v) is 7.12. The highest BCUT2D eigenvalue weighted by molar-refractivity contribution is 5.94. The number of carbonyl (C=O) groups is 2. The molecule has 1 aliphatic heterocycles. The summed E-state index contributed by atoms with van der Waals surface area (Å²) in [4.78, 5) is 25.5. The van der Waals surface area contributed by atoms with Crippen molar-refractivity contribution in [3.63, 3.8) is 0 Å². The highest BCUT2D eigenvalue weighted by Crippen LogP contribution is 2.24. The predicted octanol–water partition coefficient (Wildman–Crippen LogP) is 2.20. The van der Waals surface area contributed by atoms with Crippen LogP contribution in [0.3, 0.4) is 0 Å². The number of nitrogens with zero attached hydrogens (tertiary/aromatic N) is 1. The molecule has 0 radical (unpaired) electrons. The maximum Gasteiger partial charge on any atom is 0.409 e. The number of para-hydroxylation sites is 2. The lowest BCUT2D eigenvalue weighted by molar-refractivity contribution is -0.121. The minimum absolute atomic E-state index is 0.0314. The Morgan fingerprint density at radius 3 is 2.90 bits per heavy atom. The van der Waals surface area contributed by atoms with E-state index in [1.807, 2.05) is 0 Å². The Balaban J connectivity index is 1.96. The van der Waals surface area contributed by atoms with Gasteiger partial charge in [-0.25, -0.2) is 4.79 Å². The van der Waals surface area contributed by atoms with Gasteiger partial charge in [0.05, 0.1) is 18.2 Å². The van der Waals surface area contributed by atoms with Gasteiger partial charge in [0.25, 0.3) is 0 Å². The third-order valence-electron chi connectivity index (χ3n) is 3.48. The molecule has 1 saturated heterocycles. The number of phenolic OH excluding ortho intramolecular Hbond substituents is 1. The Hall–Kier alpha value is -2.24. The zero-order valence-corrected chi connectivity index (χ0v) is 12.0. The molecule has 1 aromatic rings. The number of aromatic hydroxyl groups is 1. The van der Waals surface area contributed by atoms with Crippen LogP contribution in [0.1, 0.15) is 19.8 Å². The predicted molar refractivity (Wildman–Crippen MR) is 78.1 cm³/mol. The van der Waals surface area contributed by atoms with Crippen molar-refractivity contribution in [1.29, 1.82) is 0 Å². The van der Waals surface area contributed by atoms with E-state index in [2.05, 4.69) is 5.32 Å². The van der Waals surface area contributed by atoms with E-state index in [-0.39, 0.29) is 23.7 Å². The van der Waals surface area contributed by atoms with E-state index in [0.29, 0.717) is 25.4 Å². The molecule has 0 spiro atoms.